The van der Waals surface area contributed by atoms with Gasteiger partial charge in [-0.2, -0.15) is 16.8 Å². The Labute approximate surface area is 114 Å². The highest BCUT2D eigenvalue weighted by atomic mass is 32.2. The van der Waals surface area contributed by atoms with Crippen molar-refractivity contribution < 1.29 is 30.4 Å². The number of hydrogen-bond donors (Lipinski definition) is 2. The molecule has 1 saturated heterocycles. The van der Waals surface area contributed by atoms with E-state index in [-0.39, 0.29) is 0 Å². The average Bonchev–Trinajstić information content (AvgIpc) is 2.36. The Kier molecular flexibility index (Phi) is 5.00. The van der Waals surface area contributed by atoms with E-state index in [2.05, 4.69) is 0 Å². The molecular weight excluding hydrogens is 294 g/mol. The van der Waals surface area contributed by atoms with Gasteiger partial charge in [-0.1, -0.05) is 6.92 Å². The van der Waals surface area contributed by atoms with Crippen molar-refractivity contribution in [2.24, 2.45) is 11.8 Å². The van der Waals surface area contributed by atoms with Crippen molar-refractivity contribution in [2.45, 2.75) is 13.3 Å². The number of rotatable bonds is 6. The molecule has 0 spiro atoms. The van der Waals surface area contributed by atoms with Crippen LogP contribution in [0.15, 0.2) is 0 Å². The van der Waals surface area contributed by atoms with Gasteiger partial charge in [0.25, 0.3) is 20.2 Å². The van der Waals surface area contributed by atoms with Gasteiger partial charge < -0.3 is 4.48 Å². The quantitative estimate of drug-likeness (QED) is 0.522. The molecule has 2 unspecified atom stereocenters. The van der Waals surface area contributed by atoms with Crippen LogP contribution in [0, 0.1) is 11.8 Å². The Bertz CT molecular complexity index is 470. The zero-order chi connectivity index (χ0) is 14.9. The molecule has 9 heteroatoms. The molecule has 0 bridgehead atoms. The van der Waals surface area contributed by atoms with Crippen LogP contribution < -0.4 is 0 Å². The highest BCUT2D eigenvalue weighted by Crippen LogP contribution is 2.30. The summed E-state index contributed by atoms with van der Waals surface area (Å²) in [6, 6.07) is 0. The molecule has 114 valence electrons. The van der Waals surface area contributed by atoms with Gasteiger partial charge in [0.1, 0.15) is 0 Å². The molecule has 0 aromatic heterocycles. The van der Waals surface area contributed by atoms with Crippen molar-refractivity contribution in [3.05, 3.63) is 0 Å². The molecule has 0 aromatic rings. The molecule has 0 radical (unpaired) electrons. The molecule has 0 saturated carbocycles. The van der Waals surface area contributed by atoms with Gasteiger partial charge >= 0.3 is 0 Å². The summed E-state index contributed by atoms with van der Waals surface area (Å²) in [5.74, 6) is -1.81. The maximum Gasteiger partial charge on any atom is 0.265 e. The molecule has 1 aliphatic heterocycles. The summed E-state index contributed by atoms with van der Waals surface area (Å²) in [6.07, 6.45) is 0.897. The Hall–Kier alpha value is -0.220. The summed E-state index contributed by atoms with van der Waals surface area (Å²) >= 11 is 0. The third kappa shape index (κ3) is 5.74. The molecule has 0 aromatic carbocycles. The van der Waals surface area contributed by atoms with E-state index < -0.39 is 43.6 Å². The molecule has 1 fully saturated rings. The molecule has 0 amide bonds. The molecule has 2 atom stereocenters. The minimum atomic E-state index is -4.15. The third-order valence-corrected chi connectivity index (χ3v) is 5.33. The van der Waals surface area contributed by atoms with Crippen molar-refractivity contribution >= 4 is 20.2 Å². The number of likely N-dealkylation sites (tertiary alicyclic amines) is 1. The van der Waals surface area contributed by atoms with Crippen molar-refractivity contribution in [1.82, 2.24) is 0 Å². The van der Waals surface area contributed by atoms with Crippen LogP contribution in [0.25, 0.3) is 0 Å². The van der Waals surface area contributed by atoms with E-state index in [1.54, 1.807) is 0 Å². The fourth-order valence-electron chi connectivity index (χ4n) is 3.15. The second-order valence-electron chi connectivity index (χ2n) is 5.73. The predicted octanol–water partition coefficient (Wildman–Crippen LogP) is -0.135. The standard InChI is InChI=1S/C10H21NO6S2/c1-3-4-11(2)5-9(7-18(12,13)14)10(6-11)8-19(15,16)17/h9-10H,3-8H2,1-2H3,(H-,12,13,14,15,16,17)/p+1. The smallest absolute Gasteiger partial charge is 0.265 e. The van der Waals surface area contributed by atoms with E-state index in [9.17, 15) is 16.8 Å². The largest absolute Gasteiger partial charge is 0.326 e. The normalized spacial score (nSPS) is 32.6. The van der Waals surface area contributed by atoms with Gasteiger partial charge in [-0.25, -0.2) is 0 Å². The molecule has 0 aliphatic carbocycles. The van der Waals surface area contributed by atoms with Gasteiger partial charge in [-0.15, -0.1) is 0 Å². The summed E-state index contributed by atoms with van der Waals surface area (Å²) in [5, 5.41) is 0. The van der Waals surface area contributed by atoms with Crippen molar-refractivity contribution in [2.75, 3.05) is 38.2 Å². The monoisotopic (exact) mass is 316 g/mol. The fourth-order valence-corrected chi connectivity index (χ4v) is 4.98. The maximum absolute atomic E-state index is 11.0. The van der Waals surface area contributed by atoms with E-state index in [1.807, 2.05) is 14.0 Å². The summed E-state index contributed by atoms with van der Waals surface area (Å²) in [6.45, 7) is 3.79. The van der Waals surface area contributed by atoms with Crippen LogP contribution in [0.5, 0.6) is 0 Å². The Morgan fingerprint density at radius 2 is 1.37 bits per heavy atom. The van der Waals surface area contributed by atoms with Crippen molar-refractivity contribution in [3.63, 3.8) is 0 Å². The second kappa shape index (κ2) is 5.65. The Morgan fingerprint density at radius 3 is 1.63 bits per heavy atom. The summed E-state index contributed by atoms with van der Waals surface area (Å²) < 4.78 is 62.5. The lowest BCUT2D eigenvalue weighted by Gasteiger charge is -2.29. The minimum absolute atomic E-state index is 0.450. The zero-order valence-corrected chi connectivity index (χ0v) is 12.8. The lowest BCUT2D eigenvalue weighted by atomic mass is 10.0. The van der Waals surface area contributed by atoms with Crippen LogP contribution in [0.4, 0.5) is 0 Å². The first-order chi connectivity index (χ1) is 8.44. The molecule has 1 aliphatic rings. The Morgan fingerprint density at radius 1 is 1.00 bits per heavy atom. The second-order valence-corrected chi connectivity index (χ2v) is 8.72. The van der Waals surface area contributed by atoms with E-state index >= 15 is 0 Å². The number of hydrogen-bond acceptors (Lipinski definition) is 4. The third-order valence-electron chi connectivity index (χ3n) is 3.63. The van der Waals surface area contributed by atoms with Crippen LogP contribution in [-0.4, -0.2) is 68.6 Å². The highest BCUT2D eigenvalue weighted by molar-refractivity contribution is 7.86. The number of quaternary nitrogens is 1. The molecule has 19 heavy (non-hydrogen) atoms. The molecule has 7 nitrogen and oxygen atoms in total. The van der Waals surface area contributed by atoms with Gasteiger partial charge in [-0.3, -0.25) is 9.11 Å². The number of nitrogens with zero attached hydrogens (tertiary/aromatic N) is 1. The van der Waals surface area contributed by atoms with Gasteiger partial charge in [0.2, 0.25) is 0 Å². The molecular formula is C10H22NO6S2+. The lowest BCUT2D eigenvalue weighted by Crippen LogP contribution is -2.43. The zero-order valence-electron chi connectivity index (χ0n) is 11.2. The van der Waals surface area contributed by atoms with Crippen LogP contribution in [-0.2, 0) is 20.2 Å². The predicted molar refractivity (Wildman–Crippen MR) is 70.9 cm³/mol. The molecule has 1 heterocycles. The van der Waals surface area contributed by atoms with Gasteiger partial charge in [0.15, 0.2) is 0 Å². The highest BCUT2D eigenvalue weighted by Gasteiger charge is 2.45. The topological polar surface area (TPSA) is 109 Å². The van der Waals surface area contributed by atoms with E-state index in [0.717, 1.165) is 13.0 Å². The lowest BCUT2D eigenvalue weighted by molar-refractivity contribution is -0.900. The summed E-state index contributed by atoms with van der Waals surface area (Å²) in [4.78, 5) is 0. The SMILES string of the molecule is CCC[N+]1(C)CC(CS(=O)(=O)O)C(CS(=O)(=O)O)C1. The van der Waals surface area contributed by atoms with E-state index in [0.29, 0.717) is 17.6 Å². The van der Waals surface area contributed by atoms with Gasteiger partial charge in [-0.05, 0) is 6.42 Å². The van der Waals surface area contributed by atoms with Crippen LogP contribution in [0.1, 0.15) is 13.3 Å². The summed E-state index contributed by atoms with van der Waals surface area (Å²) in [7, 11) is -6.36. The van der Waals surface area contributed by atoms with Crippen LogP contribution in [0.3, 0.4) is 0 Å². The average molecular weight is 316 g/mol. The van der Waals surface area contributed by atoms with Crippen LogP contribution in [0.2, 0.25) is 0 Å². The van der Waals surface area contributed by atoms with Crippen LogP contribution >= 0.6 is 0 Å². The van der Waals surface area contributed by atoms with Crippen molar-refractivity contribution in [1.29, 1.82) is 0 Å². The maximum atomic E-state index is 11.0. The molecule has 1 rings (SSSR count). The van der Waals surface area contributed by atoms with Gasteiger partial charge in [0.05, 0.1) is 38.2 Å². The first-order valence-electron chi connectivity index (χ1n) is 6.18. The molecule has 2 N–H and O–H groups in total. The first kappa shape index (κ1) is 16.8. The first-order valence-corrected chi connectivity index (χ1v) is 9.40. The fraction of sp³-hybridized carbons (Fsp3) is 1.00. The van der Waals surface area contributed by atoms with Crippen molar-refractivity contribution in [3.8, 4) is 0 Å². The Balaban J connectivity index is 2.90. The van der Waals surface area contributed by atoms with Gasteiger partial charge in [0, 0.05) is 11.8 Å². The van der Waals surface area contributed by atoms with E-state index in [1.165, 1.54) is 0 Å². The van der Waals surface area contributed by atoms with E-state index in [4.69, 9.17) is 9.11 Å². The summed E-state index contributed by atoms with van der Waals surface area (Å²) in [5.41, 5.74) is 0. The minimum Gasteiger partial charge on any atom is -0.326 e.